The summed E-state index contributed by atoms with van der Waals surface area (Å²) in [6.07, 6.45) is 1.58. The summed E-state index contributed by atoms with van der Waals surface area (Å²) in [4.78, 5) is 27.6. The van der Waals surface area contributed by atoms with Crippen molar-refractivity contribution in [2.24, 2.45) is 0 Å². The molecule has 0 radical (unpaired) electrons. The van der Waals surface area contributed by atoms with E-state index in [9.17, 15) is 9.59 Å². The number of likely N-dealkylation sites (tertiary alicyclic amines) is 1. The maximum Gasteiger partial charge on any atom is 0.410 e. The maximum atomic E-state index is 12.8. The number of methoxy groups -OCH3 is 1. The molecule has 1 heterocycles. The normalized spacial score (nSPS) is 15.6. The Labute approximate surface area is 235 Å². The van der Waals surface area contributed by atoms with Crippen molar-refractivity contribution in [3.63, 3.8) is 0 Å². The highest BCUT2D eigenvalue weighted by Gasteiger charge is 2.31. The number of hydrogen-bond acceptors (Lipinski definition) is 7. The van der Waals surface area contributed by atoms with Gasteiger partial charge in [-0.25, -0.2) is 13.9 Å². The fourth-order valence-electron chi connectivity index (χ4n) is 4.29. The van der Waals surface area contributed by atoms with Crippen LogP contribution in [0.4, 0.5) is 4.79 Å². The van der Waals surface area contributed by atoms with Gasteiger partial charge in [0.2, 0.25) is 0 Å². The highest BCUT2D eigenvalue weighted by molar-refractivity contribution is 7.97. The molecule has 1 atom stereocenters. The molecule has 0 aromatic heterocycles. The maximum absolute atomic E-state index is 12.8. The molecule has 1 amide bonds. The Morgan fingerprint density at radius 2 is 1.62 bits per heavy atom. The molecular formula is C31H36N2O5S. The van der Waals surface area contributed by atoms with Crippen LogP contribution in [0.1, 0.15) is 49.5 Å². The first-order valence-electron chi connectivity index (χ1n) is 13.1. The first-order valence-corrected chi connectivity index (χ1v) is 13.9. The lowest BCUT2D eigenvalue weighted by Crippen LogP contribution is -2.49. The molecule has 8 heteroatoms. The Bertz CT molecular complexity index is 1230. The zero-order valence-electron chi connectivity index (χ0n) is 23.0. The molecule has 4 rings (SSSR count). The van der Waals surface area contributed by atoms with E-state index in [2.05, 4.69) is 4.31 Å². The summed E-state index contributed by atoms with van der Waals surface area (Å²) >= 11 is 1.65. The van der Waals surface area contributed by atoms with Gasteiger partial charge in [0.25, 0.3) is 0 Å². The smallest absolute Gasteiger partial charge is 0.410 e. The predicted molar refractivity (Wildman–Crippen MR) is 153 cm³/mol. The standard InChI is InChI=1S/C31H36N2O5S/c1-31(2,3)38-30(35)32-20-8-9-25(22-32)33(21-23-12-14-24(15-13-23)29(34)36-4)39-28-18-16-27(17-19-28)37-26-10-6-5-7-11-26/h5-7,10-19,25H,8-9,20-22H2,1-4H3. The molecule has 3 aromatic carbocycles. The Morgan fingerprint density at radius 3 is 2.26 bits per heavy atom. The molecule has 0 spiro atoms. The minimum atomic E-state index is -0.538. The number of carbonyl (C=O) groups excluding carboxylic acids is 2. The number of carbonyl (C=O) groups is 2. The number of rotatable bonds is 8. The van der Waals surface area contributed by atoms with Crippen LogP contribution in [0, 0.1) is 0 Å². The van der Waals surface area contributed by atoms with E-state index in [-0.39, 0.29) is 18.1 Å². The fraction of sp³-hybridized carbons (Fsp3) is 0.355. The van der Waals surface area contributed by atoms with Gasteiger partial charge in [0, 0.05) is 30.6 Å². The summed E-state index contributed by atoms with van der Waals surface area (Å²) in [6, 6.07) is 25.3. The first kappa shape index (κ1) is 28.5. The number of nitrogens with zero attached hydrogens (tertiary/aromatic N) is 2. The molecule has 0 aliphatic carbocycles. The number of para-hydroxylation sites is 1. The average molecular weight is 549 g/mol. The van der Waals surface area contributed by atoms with Crippen molar-refractivity contribution >= 4 is 24.0 Å². The zero-order chi connectivity index (χ0) is 27.8. The summed E-state index contributed by atoms with van der Waals surface area (Å²) in [7, 11) is 1.38. The second-order valence-corrected chi connectivity index (χ2v) is 11.6. The van der Waals surface area contributed by atoms with Gasteiger partial charge in [0.15, 0.2) is 0 Å². The van der Waals surface area contributed by atoms with Crippen LogP contribution in [0.3, 0.4) is 0 Å². The molecule has 206 valence electrons. The van der Waals surface area contributed by atoms with E-state index in [1.807, 2.05) is 92.4 Å². The largest absolute Gasteiger partial charge is 0.465 e. The third-order valence-electron chi connectivity index (χ3n) is 6.19. The summed E-state index contributed by atoms with van der Waals surface area (Å²) in [5.41, 5.74) is 1.04. The van der Waals surface area contributed by atoms with Crippen molar-refractivity contribution in [2.75, 3.05) is 20.2 Å². The van der Waals surface area contributed by atoms with E-state index in [4.69, 9.17) is 14.2 Å². The van der Waals surface area contributed by atoms with Gasteiger partial charge in [-0.1, -0.05) is 30.3 Å². The van der Waals surface area contributed by atoms with Gasteiger partial charge in [-0.3, -0.25) is 0 Å². The van der Waals surface area contributed by atoms with E-state index in [1.54, 1.807) is 24.1 Å². The minimum absolute atomic E-state index is 0.122. The molecule has 1 fully saturated rings. The lowest BCUT2D eigenvalue weighted by Gasteiger charge is -2.39. The van der Waals surface area contributed by atoms with Crippen LogP contribution >= 0.6 is 11.9 Å². The average Bonchev–Trinajstić information content (AvgIpc) is 2.93. The fourth-order valence-corrected chi connectivity index (χ4v) is 5.35. The van der Waals surface area contributed by atoms with Crippen LogP contribution in [0.25, 0.3) is 0 Å². The van der Waals surface area contributed by atoms with Gasteiger partial charge >= 0.3 is 12.1 Å². The van der Waals surface area contributed by atoms with Crippen LogP contribution in [-0.2, 0) is 16.0 Å². The van der Waals surface area contributed by atoms with Gasteiger partial charge in [-0.2, -0.15) is 0 Å². The molecule has 0 bridgehead atoms. The number of ether oxygens (including phenoxy) is 3. The van der Waals surface area contributed by atoms with E-state index >= 15 is 0 Å². The Hall–Kier alpha value is -3.49. The highest BCUT2D eigenvalue weighted by atomic mass is 32.2. The summed E-state index contributed by atoms with van der Waals surface area (Å²) in [5, 5.41) is 0. The molecular weight excluding hydrogens is 512 g/mol. The van der Waals surface area contributed by atoms with E-state index in [1.165, 1.54) is 7.11 Å². The van der Waals surface area contributed by atoms with Gasteiger partial charge in [0.05, 0.1) is 12.7 Å². The van der Waals surface area contributed by atoms with Gasteiger partial charge < -0.3 is 19.1 Å². The second-order valence-electron chi connectivity index (χ2n) is 10.5. The van der Waals surface area contributed by atoms with Crippen molar-refractivity contribution in [3.05, 3.63) is 90.0 Å². The summed E-state index contributed by atoms with van der Waals surface area (Å²) < 4.78 is 18.8. The number of hydrogen-bond donors (Lipinski definition) is 0. The Morgan fingerprint density at radius 1 is 0.949 bits per heavy atom. The Balaban J connectivity index is 1.50. The lowest BCUT2D eigenvalue weighted by atomic mass is 10.1. The van der Waals surface area contributed by atoms with Crippen LogP contribution < -0.4 is 4.74 Å². The van der Waals surface area contributed by atoms with Crippen molar-refractivity contribution in [2.45, 2.75) is 56.7 Å². The number of benzene rings is 3. The molecule has 1 aliphatic heterocycles. The molecule has 3 aromatic rings. The van der Waals surface area contributed by atoms with E-state index in [0.29, 0.717) is 25.2 Å². The number of esters is 1. The quantitative estimate of drug-likeness (QED) is 0.218. The van der Waals surface area contributed by atoms with Crippen molar-refractivity contribution in [3.8, 4) is 11.5 Å². The van der Waals surface area contributed by atoms with E-state index < -0.39 is 5.60 Å². The van der Waals surface area contributed by atoms with Gasteiger partial charge in [0.1, 0.15) is 17.1 Å². The van der Waals surface area contributed by atoms with Crippen LogP contribution in [0.5, 0.6) is 11.5 Å². The van der Waals surface area contributed by atoms with Crippen LogP contribution in [0.15, 0.2) is 83.8 Å². The lowest BCUT2D eigenvalue weighted by molar-refractivity contribution is 0.0157. The van der Waals surface area contributed by atoms with Gasteiger partial charge in [-0.05, 0) is 99.7 Å². The van der Waals surface area contributed by atoms with Crippen LogP contribution in [0.2, 0.25) is 0 Å². The summed E-state index contributed by atoms with van der Waals surface area (Å²) in [6.45, 7) is 7.56. The molecule has 39 heavy (non-hydrogen) atoms. The topological polar surface area (TPSA) is 68.3 Å². The molecule has 0 saturated carbocycles. The number of amides is 1. The minimum Gasteiger partial charge on any atom is -0.465 e. The molecule has 1 saturated heterocycles. The van der Waals surface area contributed by atoms with Crippen LogP contribution in [-0.4, -0.2) is 53.1 Å². The first-order chi connectivity index (χ1) is 18.7. The molecule has 1 unspecified atom stereocenters. The SMILES string of the molecule is COC(=O)c1ccc(CN(Sc2ccc(Oc3ccccc3)cc2)C2CCCN(C(=O)OC(C)(C)C)C2)cc1. The summed E-state index contributed by atoms with van der Waals surface area (Å²) in [5.74, 6) is 1.20. The Kier molecular flexibility index (Phi) is 9.54. The van der Waals surface area contributed by atoms with Crippen molar-refractivity contribution in [1.82, 2.24) is 9.21 Å². The third-order valence-corrected chi connectivity index (χ3v) is 7.34. The highest BCUT2D eigenvalue weighted by Crippen LogP contribution is 2.33. The third kappa shape index (κ3) is 8.50. The molecule has 0 N–H and O–H groups in total. The van der Waals surface area contributed by atoms with E-state index in [0.717, 1.165) is 34.8 Å². The zero-order valence-corrected chi connectivity index (χ0v) is 23.8. The van der Waals surface area contributed by atoms with Gasteiger partial charge in [-0.15, -0.1) is 0 Å². The van der Waals surface area contributed by atoms with Crippen molar-refractivity contribution in [1.29, 1.82) is 0 Å². The van der Waals surface area contributed by atoms with Crippen molar-refractivity contribution < 1.29 is 23.8 Å². The number of piperidine rings is 1. The molecule has 7 nitrogen and oxygen atoms in total. The predicted octanol–water partition coefficient (Wildman–Crippen LogP) is 7.17. The monoisotopic (exact) mass is 548 g/mol. The second kappa shape index (κ2) is 13.0. The molecule has 1 aliphatic rings.